The molecule has 30 heavy (non-hydrogen) atoms. The fourth-order valence-corrected chi connectivity index (χ4v) is 2.54. The SMILES string of the molecule is COc1cc(/C=C/c2ccc(NC(=O)C(C)(C)C)cc2)c(/C=C/[N+](=O)[O-])c(OC)c1. The van der Waals surface area contributed by atoms with Crippen molar-refractivity contribution in [2.45, 2.75) is 20.8 Å². The fourth-order valence-electron chi connectivity index (χ4n) is 2.54. The molecule has 0 unspecified atom stereocenters. The second kappa shape index (κ2) is 9.73. The second-order valence-electron chi connectivity index (χ2n) is 7.59. The minimum Gasteiger partial charge on any atom is -0.497 e. The number of nitrogens with zero attached hydrogens (tertiary/aromatic N) is 1. The molecule has 0 atom stereocenters. The zero-order valence-corrected chi connectivity index (χ0v) is 17.8. The molecule has 0 fully saturated rings. The standard InChI is InChI=1S/C23H26N2O5/c1-23(2,3)22(26)24-18-10-7-16(8-11-18)6-9-17-14-19(29-4)15-21(30-5)20(17)12-13-25(27)28/h6-15H,1-5H3,(H,24,26)/b9-6+,13-12+. The first-order chi connectivity index (χ1) is 14.1. The van der Waals surface area contributed by atoms with E-state index >= 15 is 0 Å². The van der Waals surface area contributed by atoms with Crippen LogP contribution in [0.25, 0.3) is 18.2 Å². The quantitative estimate of drug-likeness (QED) is 0.389. The van der Waals surface area contributed by atoms with Crippen LogP contribution >= 0.6 is 0 Å². The molecule has 0 heterocycles. The number of carbonyl (C=O) groups is 1. The highest BCUT2D eigenvalue weighted by atomic mass is 16.6. The molecule has 2 rings (SSSR count). The van der Waals surface area contributed by atoms with Gasteiger partial charge in [0, 0.05) is 28.8 Å². The van der Waals surface area contributed by atoms with Crippen LogP contribution in [0, 0.1) is 15.5 Å². The predicted molar refractivity (Wildman–Crippen MR) is 119 cm³/mol. The molecule has 0 aliphatic rings. The van der Waals surface area contributed by atoms with Gasteiger partial charge >= 0.3 is 0 Å². The average Bonchev–Trinajstić information content (AvgIpc) is 2.70. The number of hydrogen-bond donors (Lipinski definition) is 1. The van der Waals surface area contributed by atoms with E-state index in [9.17, 15) is 14.9 Å². The molecule has 0 spiro atoms. The van der Waals surface area contributed by atoms with Crippen molar-refractivity contribution in [3.8, 4) is 11.5 Å². The van der Waals surface area contributed by atoms with Gasteiger partial charge in [-0.3, -0.25) is 14.9 Å². The van der Waals surface area contributed by atoms with Crippen LogP contribution in [0.15, 0.2) is 42.6 Å². The van der Waals surface area contributed by atoms with Crippen LogP contribution in [0.5, 0.6) is 11.5 Å². The van der Waals surface area contributed by atoms with E-state index in [0.29, 0.717) is 28.3 Å². The highest BCUT2D eigenvalue weighted by molar-refractivity contribution is 5.94. The molecular weight excluding hydrogens is 384 g/mol. The number of nitrogens with one attached hydrogen (secondary N) is 1. The molecule has 0 aromatic heterocycles. The van der Waals surface area contributed by atoms with Crippen molar-refractivity contribution in [2.24, 2.45) is 5.41 Å². The lowest BCUT2D eigenvalue weighted by Gasteiger charge is -2.17. The lowest BCUT2D eigenvalue weighted by molar-refractivity contribution is -0.400. The van der Waals surface area contributed by atoms with E-state index in [1.165, 1.54) is 13.2 Å². The number of nitro groups is 1. The number of benzene rings is 2. The van der Waals surface area contributed by atoms with Crippen molar-refractivity contribution in [3.63, 3.8) is 0 Å². The third-order valence-electron chi connectivity index (χ3n) is 4.27. The number of methoxy groups -OCH3 is 2. The van der Waals surface area contributed by atoms with Gasteiger partial charge in [-0.25, -0.2) is 0 Å². The van der Waals surface area contributed by atoms with Gasteiger partial charge in [-0.2, -0.15) is 0 Å². The van der Waals surface area contributed by atoms with Gasteiger partial charge in [-0.1, -0.05) is 45.1 Å². The summed E-state index contributed by atoms with van der Waals surface area (Å²) in [5.41, 5.74) is 2.41. The Hall–Kier alpha value is -3.61. The van der Waals surface area contributed by atoms with Gasteiger partial charge in [0.15, 0.2) is 0 Å². The van der Waals surface area contributed by atoms with Crippen molar-refractivity contribution in [2.75, 3.05) is 19.5 Å². The van der Waals surface area contributed by atoms with Crippen LogP contribution < -0.4 is 14.8 Å². The molecule has 1 N–H and O–H groups in total. The maximum absolute atomic E-state index is 12.1. The largest absolute Gasteiger partial charge is 0.497 e. The Bertz CT molecular complexity index is 970. The molecular formula is C23H26N2O5. The molecule has 0 radical (unpaired) electrons. The Morgan fingerprint density at radius 3 is 2.23 bits per heavy atom. The van der Waals surface area contributed by atoms with Crippen LogP contribution in [0.1, 0.15) is 37.5 Å². The number of ether oxygens (including phenoxy) is 2. The number of rotatable bonds is 7. The normalized spacial score (nSPS) is 11.6. The van der Waals surface area contributed by atoms with Crippen molar-refractivity contribution in [1.82, 2.24) is 0 Å². The fraction of sp³-hybridized carbons (Fsp3) is 0.261. The summed E-state index contributed by atoms with van der Waals surface area (Å²) < 4.78 is 10.7. The number of carbonyl (C=O) groups excluding carboxylic acids is 1. The van der Waals surface area contributed by atoms with Gasteiger partial charge in [0.1, 0.15) is 11.5 Å². The monoisotopic (exact) mass is 410 g/mol. The van der Waals surface area contributed by atoms with Crippen molar-refractivity contribution in [3.05, 3.63) is 69.4 Å². The first-order valence-electron chi connectivity index (χ1n) is 9.31. The van der Waals surface area contributed by atoms with Gasteiger partial charge in [0.05, 0.1) is 19.1 Å². The maximum atomic E-state index is 12.1. The third kappa shape index (κ3) is 6.20. The highest BCUT2D eigenvalue weighted by Crippen LogP contribution is 2.31. The number of hydrogen-bond acceptors (Lipinski definition) is 5. The number of amides is 1. The first-order valence-corrected chi connectivity index (χ1v) is 9.31. The Labute approximate surface area is 176 Å². The second-order valence-corrected chi connectivity index (χ2v) is 7.59. The van der Waals surface area contributed by atoms with Gasteiger partial charge in [-0.05, 0) is 29.3 Å². The molecule has 0 saturated carbocycles. The maximum Gasteiger partial charge on any atom is 0.235 e. The molecule has 0 saturated heterocycles. The smallest absolute Gasteiger partial charge is 0.235 e. The van der Waals surface area contributed by atoms with Crippen molar-refractivity contribution in [1.29, 1.82) is 0 Å². The topological polar surface area (TPSA) is 90.7 Å². The summed E-state index contributed by atoms with van der Waals surface area (Å²) in [7, 11) is 3.04. The third-order valence-corrected chi connectivity index (χ3v) is 4.27. The van der Waals surface area contributed by atoms with E-state index < -0.39 is 10.3 Å². The lowest BCUT2D eigenvalue weighted by Crippen LogP contribution is -2.27. The molecule has 2 aromatic rings. The van der Waals surface area contributed by atoms with Crippen molar-refractivity contribution < 1.29 is 19.2 Å². The molecule has 2 aromatic carbocycles. The van der Waals surface area contributed by atoms with E-state index in [1.807, 2.05) is 57.2 Å². The summed E-state index contributed by atoms with van der Waals surface area (Å²) in [4.78, 5) is 22.3. The van der Waals surface area contributed by atoms with Gasteiger partial charge < -0.3 is 14.8 Å². The van der Waals surface area contributed by atoms with E-state index in [4.69, 9.17) is 9.47 Å². The molecule has 0 bridgehead atoms. The molecule has 0 aliphatic carbocycles. The molecule has 1 amide bonds. The zero-order chi connectivity index (χ0) is 22.3. The summed E-state index contributed by atoms with van der Waals surface area (Å²) in [5, 5.41) is 13.6. The molecule has 7 nitrogen and oxygen atoms in total. The van der Waals surface area contributed by atoms with E-state index in [2.05, 4.69) is 5.32 Å². The summed E-state index contributed by atoms with van der Waals surface area (Å²) in [6.07, 6.45) is 5.96. The minimum atomic E-state index is -0.526. The number of anilines is 1. The highest BCUT2D eigenvalue weighted by Gasteiger charge is 2.20. The van der Waals surface area contributed by atoms with E-state index in [-0.39, 0.29) is 5.91 Å². The van der Waals surface area contributed by atoms with E-state index in [0.717, 1.165) is 11.8 Å². The molecule has 0 aliphatic heterocycles. The Balaban J connectivity index is 2.32. The Morgan fingerprint density at radius 1 is 1.03 bits per heavy atom. The van der Waals surface area contributed by atoms with E-state index in [1.54, 1.807) is 19.2 Å². The van der Waals surface area contributed by atoms with Gasteiger partial charge in [0.2, 0.25) is 12.1 Å². The summed E-state index contributed by atoms with van der Waals surface area (Å²) in [5.74, 6) is 0.980. The average molecular weight is 410 g/mol. The van der Waals surface area contributed by atoms with Gasteiger partial charge in [0.25, 0.3) is 0 Å². The summed E-state index contributed by atoms with van der Waals surface area (Å²) in [6, 6.07) is 10.8. The lowest BCUT2D eigenvalue weighted by atomic mass is 9.95. The van der Waals surface area contributed by atoms with Crippen LogP contribution in [0.2, 0.25) is 0 Å². The summed E-state index contributed by atoms with van der Waals surface area (Å²) in [6.45, 7) is 5.56. The van der Waals surface area contributed by atoms with Gasteiger partial charge in [-0.15, -0.1) is 0 Å². The van der Waals surface area contributed by atoms with Crippen LogP contribution in [-0.2, 0) is 4.79 Å². The van der Waals surface area contributed by atoms with Crippen LogP contribution in [-0.4, -0.2) is 25.1 Å². The van der Waals surface area contributed by atoms with Crippen LogP contribution in [0.4, 0.5) is 5.69 Å². The minimum absolute atomic E-state index is 0.0588. The predicted octanol–water partition coefficient (Wildman–Crippen LogP) is 5.11. The summed E-state index contributed by atoms with van der Waals surface area (Å²) >= 11 is 0. The first kappa shape index (κ1) is 22.7. The zero-order valence-electron chi connectivity index (χ0n) is 17.8. The Kier molecular flexibility index (Phi) is 7.36. The molecule has 7 heteroatoms. The molecule has 158 valence electrons. The Morgan fingerprint density at radius 2 is 1.70 bits per heavy atom. The van der Waals surface area contributed by atoms with Crippen LogP contribution in [0.3, 0.4) is 0 Å². The van der Waals surface area contributed by atoms with Crippen molar-refractivity contribution >= 4 is 29.8 Å².